The van der Waals surface area contributed by atoms with E-state index in [-0.39, 0.29) is 5.56 Å². The zero-order valence-electron chi connectivity index (χ0n) is 12.3. The van der Waals surface area contributed by atoms with E-state index in [1.54, 1.807) is 24.3 Å². The van der Waals surface area contributed by atoms with Gasteiger partial charge in [0, 0.05) is 5.56 Å². The Morgan fingerprint density at radius 3 is 2.52 bits per heavy atom. The van der Waals surface area contributed by atoms with Gasteiger partial charge >= 0.3 is 5.97 Å². The van der Waals surface area contributed by atoms with Crippen molar-refractivity contribution in [3.8, 4) is 11.4 Å². The summed E-state index contributed by atoms with van der Waals surface area (Å²) in [6.07, 6.45) is 0. The summed E-state index contributed by atoms with van der Waals surface area (Å²) in [5.74, 6) is -0.285. The van der Waals surface area contributed by atoms with Crippen molar-refractivity contribution >= 4 is 22.6 Å². The summed E-state index contributed by atoms with van der Waals surface area (Å²) in [5.41, 5.74) is 4.31. The Morgan fingerprint density at radius 1 is 1.04 bits per heavy atom. The van der Waals surface area contributed by atoms with E-state index in [1.807, 2.05) is 35.6 Å². The van der Waals surface area contributed by atoms with Gasteiger partial charge in [-0.1, -0.05) is 24.3 Å². The van der Waals surface area contributed by atoms with Gasteiger partial charge in [0.25, 0.3) is 0 Å². The van der Waals surface area contributed by atoms with Crippen molar-refractivity contribution in [3.63, 3.8) is 0 Å². The summed E-state index contributed by atoms with van der Waals surface area (Å²) in [7, 11) is 0. The number of aryl methyl sites for hydroxylation is 1. The molecule has 0 amide bonds. The maximum absolute atomic E-state index is 11.0. The third-order valence-corrected chi connectivity index (χ3v) is 3.79. The van der Waals surface area contributed by atoms with E-state index in [9.17, 15) is 4.79 Å². The minimum atomic E-state index is -0.951. The number of carboxylic acid groups (broad SMARTS) is 1. The first-order chi connectivity index (χ1) is 11.1. The number of aromatic nitrogens is 4. The molecule has 2 aromatic heterocycles. The molecule has 6 nitrogen and oxygen atoms in total. The highest BCUT2D eigenvalue weighted by atomic mass is 16.4. The monoisotopic (exact) mass is 304 g/mol. The lowest BCUT2D eigenvalue weighted by Crippen LogP contribution is -1.98. The summed E-state index contributed by atoms with van der Waals surface area (Å²) >= 11 is 0. The van der Waals surface area contributed by atoms with E-state index in [0.29, 0.717) is 11.5 Å². The third kappa shape index (κ3) is 2.03. The minimum absolute atomic E-state index is 0.241. The number of hydrogen-bond acceptors (Lipinski definition) is 4. The molecule has 0 radical (unpaired) electrons. The zero-order valence-corrected chi connectivity index (χ0v) is 12.3. The van der Waals surface area contributed by atoms with Crippen LogP contribution in [-0.4, -0.2) is 30.7 Å². The largest absolute Gasteiger partial charge is 0.478 e. The van der Waals surface area contributed by atoms with Gasteiger partial charge in [-0.3, -0.25) is 4.40 Å². The summed E-state index contributed by atoms with van der Waals surface area (Å²) in [6.45, 7) is 1.90. The first-order valence-electron chi connectivity index (χ1n) is 7.09. The minimum Gasteiger partial charge on any atom is -0.478 e. The van der Waals surface area contributed by atoms with E-state index in [2.05, 4.69) is 15.2 Å². The number of benzene rings is 2. The Bertz CT molecular complexity index is 1050. The van der Waals surface area contributed by atoms with Crippen LogP contribution < -0.4 is 0 Å². The quantitative estimate of drug-likeness (QED) is 0.616. The van der Waals surface area contributed by atoms with Crippen LogP contribution >= 0.6 is 0 Å². The lowest BCUT2D eigenvalue weighted by molar-refractivity contribution is 0.0697. The van der Waals surface area contributed by atoms with Crippen molar-refractivity contribution in [3.05, 3.63) is 59.8 Å². The van der Waals surface area contributed by atoms with Crippen LogP contribution in [0.4, 0.5) is 0 Å². The fourth-order valence-electron chi connectivity index (χ4n) is 2.67. The normalized spacial score (nSPS) is 11.2. The molecule has 0 aliphatic carbocycles. The summed E-state index contributed by atoms with van der Waals surface area (Å²) in [4.78, 5) is 15.5. The van der Waals surface area contributed by atoms with Crippen LogP contribution in [0.5, 0.6) is 0 Å². The SMILES string of the molecule is Cc1nc2ccccc2n2c(-c3ccc(C(=O)O)cc3)nnc12. The molecule has 0 fully saturated rings. The van der Waals surface area contributed by atoms with Crippen LogP contribution in [-0.2, 0) is 0 Å². The Labute approximate surface area is 131 Å². The summed E-state index contributed by atoms with van der Waals surface area (Å²) in [6, 6.07) is 14.4. The molecule has 2 heterocycles. The van der Waals surface area contributed by atoms with Gasteiger partial charge < -0.3 is 5.11 Å². The Morgan fingerprint density at radius 2 is 1.78 bits per heavy atom. The van der Waals surface area contributed by atoms with E-state index in [4.69, 9.17) is 5.11 Å². The molecule has 0 unspecified atom stereocenters. The van der Waals surface area contributed by atoms with Crippen molar-refractivity contribution in [1.82, 2.24) is 19.6 Å². The molecular weight excluding hydrogens is 292 g/mol. The first-order valence-corrected chi connectivity index (χ1v) is 7.09. The molecule has 0 atom stereocenters. The number of carboxylic acids is 1. The van der Waals surface area contributed by atoms with Crippen LogP contribution in [0.3, 0.4) is 0 Å². The van der Waals surface area contributed by atoms with Gasteiger partial charge in [-0.05, 0) is 31.2 Å². The van der Waals surface area contributed by atoms with Crippen LogP contribution in [0.25, 0.3) is 28.1 Å². The number of nitrogens with zero attached hydrogens (tertiary/aromatic N) is 4. The second-order valence-corrected chi connectivity index (χ2v) is 5.25. The predicted octanol–water partition coefficient (Wildman–Crippen LogP) is 2.95. The molecule has 23 heavy (non-hydrogen) atoms. The van der Waals surface area contributed by atoms with Crippen LogP contribution in [0.2, 0.25) is 0 Å². The first kappa shape index (κ1) is 13.4. The number of aromatic carboxylic acids is 1. The average Bonchev–Trinajstić information content (AvgIpc) is 3.01. The number of rotatable bonds is 2. The second-order valence-electron chi connectivity index (χ2n) is 5.25. The Hall–Kier alpha value is -3.28. The fourth-order valence-corrected chi connectivity index (χ4v) is 2.67. The van der Waals surface area contributed by atoms with E-state index in [1.165, 1.54) is 0 Å². The molecule has 1 N–H and O–H groups in total. The molecule has 4 aromatic rings. The van der Waals surface area contributed by atoms with E-state index < -0.39 is 5.97 Å². The van der Waals surface area contributed by atoms with Crippen molar-refractivity contribution in [2.24, 2.45) is 0 Å². The van der Waals surface area contributed by atoms with Gasteiger partial charge in [-0.25, -0.2) is 9.78 Å². The lowest BCUT2D eigenvalue weighted by Gasteiger charge is -2.06. The maximum Gasteiger partial charge on any atom is 0.335 e. The fraction of sp³-hybridized carbons (Fsp3) is 0.0588. The second kappa shape index (κ2) is 4.88. The predicted molar refractivity (Wildman–Crippen MR) is 85.4 cm³/mol. The topological polar surface area (TPSA) is 80.4 Å². The molecule has 0 bridgehead atoms. The van der Waals surface area contributed by atoms with Crippen LogP contribution in [0.1, 0.15) is 16.1 Å². The van der Waals surface area contributed by atoms with Gasteiger partial charge in [-0.2, -0.15) is 0 Å². The Balaban J connectivity index is 2.02. The molecule has 4 rings (SSSR count). The molecule has 0 saturated carbocycles. The van der Waals surface area contributed by atoms with Crippen LogP contribution in [0, 0.1) is 6.92 Å². The number of para-hydroxylation sites is 2. The summed E-state index contributed by atoms with van der Waals surface area (Å²) < 4.78 is 1.95. The summed E-state index contributed by atoms with van der Waals surface area (Å²) in [5, 5.41) is 17.5. The van der Waals surface area contributed by atoms with Gasteiger partial charge in [0.2, 0.25) is 0 Å². The van der Waals surface area contributed by atoms with Crippen molar-refractivity contribution in [2.75, 3.05) is 0 Å². The smallest absolute Gasteiger partial charge is 0.335 e. The number of carbonyl (C=O) groups is 1. The number of fused-ring (bicyclic) bond motifs is 3. The van der Waals surface area contributed by atoms with Crippen molar-refractivity contribution in [1.29, 1.82) is 0 Å². The van der Waals surface area contributed by atoms with Gasteiger partial charge in [0.1, 0.15) is 0 Å². The standard InChI is InChI=1S/C17H12N4O2/c1-10-15-19-20-16(11-6-8-12(9-7-11)17(22)23)21(15)14-5-3-2-4-13(14)18-10/h2-9H,1H3,(H,22,23). The third-order valence-electron chi connectivity index (χ3n) is 3.79. The zero-order chi connectivity index (χ0) is 16.0. The molecule has 0 saturated heterocycles. The highest BCUT2D eigenvalue weighted by molar-refractivity contribution is 5.88. The van der Waals surface area contributed by atoms with Crippen LogP contribution in [0.15, 0.2) is 48.5 Å². The molecule has 6 heteroatoms. The average molecular weight is 304 g/mol. The van der Waals surface area contributed by atoms with Crippen molar-refractivity contribution < 1.29 is 9.90 Å². The van der Waals surface area contributed by atoms with Crippen molar-refractivity contribution in [2.45, 2.75) is 6.92 Å². The molecule has 0 spiro atoms. The van der Waals surface area contributed by atoms with E-state index >= 15 is 0 Å². The number of hydrogen-bond donors (Lipinski definition) is 1. The molecule has 0 aliphatic rings. The van der Waals surface area contributed by atoms with Gasteiger partial charge in [0.15, 0.2) is 11.5 Å². The Kier molecular flexibility index (Phi) is 2.84. The molecule has 0 aliphatic heterocycles. The highest BCUT2D eigenvalue weighted by Crippen LogP contribution is 2.24. The lowest BCUT2D eigenvalue weighted by atomic mass is 10.1. The van der Waals surface area contributed by atoms with E-state index in [0.717, 1.165) is 22.3 Å². The molecular formula is C17H12N4O2. The highest BCUT2D eigenvalue weighted by Gasteiger charge is 2.14. The van der Waals surface area contributed by atoms with Gasteiger partial charge in [0.05, 0.1) is 22.3 Å². The molecule has 2 aromatic carbocycles. The maximum atomic E-state index is 11.0. The van der Waals surface area contributed by atoms with Gasteiger partial charge in [-0.15, -0.1) is 10.2 Å². The molecule has 112 valence electrons.